The fourth-order valence-corrected chi connectivity index (χ4v) is 10.9. The van der Waals surface area contributed by atoms with Gasteiger partial charge in [0.25, 0.3) is 5.56 Å². The molecule has 3 amide bonds. The van der Waals surface area contributed by atoms with Gasteiger partial charge in [0.05, 0.1) is 18.3 Å². The van der Waals surface area contributed by atoms with Crippen molar-refractivity contribution in [3.8, 4) is 0 Å². The number of likely N-dealkylation sites (tertiary alicyclic amines) is 2. The second kappa shape index (κ2) is 16.9. The van der Waals surface area contributed by atoms with Crippen molar-refractivity contribution in [1.29, 1.82) is 0 Å². The molecule has 0 spiro atoms. The lowest BCUT2D eigenvalue weighted by Gasteiger charge is -2.43. The standard InChI is InChI=1S/C48H60N8O3/c1-34-28-35(29-38-32-49-56(44(34)38)33-48(18-8-9-19-48)39-11-4-3-5-12-39)30-43(46(58)54-26-24-53(25-27-54)40-16-20-52(2)21-17-40)51-47(59)55-22-14-36(15-23-55)41-31-37-10-6-7-13-42(37)50-45(41)57/h3-7,10-13,28-29,31-32,36,40,43H,8-9,14-27,30,33H2,1-2H3,(H,50,57)(H,51,59)/t43-/m1/s1. The third kappa shape index (κ3) is 8.28. The molecule has 1 atom stereocenters. The third-order valence-corrected chi connectivity index (χ3v) is 14.3. The van der Waals surface area contributed by atoms with Crippen LogP contribution < -0.4 is 10.9 Å². The van der Waals surface area contributed by atoms with Gasteiger partial charge < -0.3 is 25.0 Å². The number of para-hydroxylation sites is 1. The summed E-state index contributed by atoms with van der Waals surface area (Å²) in [6.07, 6.45) is 10.9. The first kappa shape index (κ1) is 39.5. The predicted molar refractivity (Wildman–Crippen MR) is 234 cm³/mol. The van der Waals surface area contributed by atoms with Crippen LogP contribution >= 0.6 is 0 Å². The lowest BCUT2D eigenvalue weighted by molar-refractivity contribution is -0.135. The molecule has 4 fully saturated rings. The number of aromatic amines is 1. The largest absolute Gasteiger partial charge is 0.338 e. The fourth-order valence-electron chi connectivity index (χ4n) is 10.9. The smallest absolute Gasteiger partial charge is 0.318 e. The summed E-state index contributed by atoms with van der Waals surface area (Å²) in [4.78, 5) is 53.5. The van der Waals surface area contributed by atoms with Crippen LogP contribution in [0.2, 0.25) is 0 Å². The molecule has 3 saturated heterocycles. The van der Waals surface area contributed by atoms with E-state index < -0.39 is 6.04 Å². The van der Waals surface area contributed by atoms with E-state index >= 15 is 0 Å². The Morgan fingerprint density at radius 1 is 0.831 bits per heavy atom. The number of carbonyl (C=O) groups is 2. The van der Waals surface area contributed by atoms with Gasteiger partial charge in [0.2, 0.25) is 5.91 Å². The Bertz CT molecular complexity index is 2330. The van der Waals surface area contributed by atoms with E-state index in [4.69, 9.17) is 5.10 Å². The van der Waals surface area contributed by atoms with Gasteiger partial charge in [0.15, 0.2) is 0 Å². The second-order valence-corrected chi connectivity index (χ2v) is 18.0. The molecule has 0 bridgehead atoms. The van der Waals surface area contributed by atoms with E-state index in [1.165, 1.54) is 31.2 Å². The minimum atomic E-state index is -0.704. The van der Waals surface area contributed by atoms with E-state index in [1.807, 2.05) is 46.3 Å². The average Bonchev–Trinajstić information content (AvgIpc) is 3.92. The molecule has 3 aliphatic heterocycles. The Morgan fingerprint density at radius 2 is 1.54 bits per heavy atom. The average molecular weight is 797 g/mol. The number of aromatic nitrogens is 3. The summed E-state index contributed by atoms with van der Waals surface area (Å²) in [6.45, 7) is 9.31. The number of aryl methyl sites for hydroxylation is 1. The molecule has 11 heteroatoms. The Hall–Kier alpha value is -5.00. The minimum absolute atomic E-state index is 0.0153. The molecule has 59 heavy (non-hydrogen) atoms. The van der Waals surface area contributed by atoms with Gasteiger partial charge in [-0.05, 0) is 112 Å². The summed E-state index contributed by atoms with van der Waals surface area (Å²) in [7, 11) is 2.19. The predicted octanol–water partition coefficient (Wildman–Crippen LogP) is 6.44. The molecule has 310 valence electrons. The van der Waals surface area contributed by atoms with Crippen molar-refractivity contribution in [2.24, 2.45) is 0 Å². The zero-order valence-electron chi connectivity index (χ0n) is 34.9. The molecular formula is C48H60N8O3. The number of amides is 3. The molecule has 2 aromatic heterocycles. The van der Waals surface area contributed by atoms with Crippen molar-refractivity contribution in [1.82, 2.24) is 39.7 Å². The van der Waals surface area contributed by atoms with Crippen LogP contribution in [0.4, 0.5) is 4.79 Å². The Morgan fingerprint density at radius 3 is 2.29 bits per heavy atom. The van der Waals surface area contributed by atoms with Gasteiger partial charge in [-0.1, -0.05) is 67.4 Å². The highest BCUT2D eigenvalue weighted by Crippen LogP contribution is 2.43. The van der Waals surface area contributed by atoms with Gasteiger partial charge in [0, 0.05) is 73.6 Å². The molecule has 1 saturated carbocycles. The van der Waals surface area contributed by atoms with Crippen LogP contribution in [0.5, 0.6) is 0 Å². The van der Waals surface area contributed by atoms with Crippen molar-refractivity contribution >= 4 is 33.7 Å². The number of nitrogens with one attached hydrogen (secondary N) is 2. The zero-order valence-corrected chi connectivity index (χ0v) is 34.9. The number of piperidine rings is 2. The van der Waals surface area contributed by atoms with Crippen molar-refractivity contribution in [2.45, 2.75) is 94.7 Å². The molecule has 2 N–H and O–H groups in total. The molecule has 1 aliphatic carbocycles. The van der Waals surface area contributed by atoms with E-state index in [9.17, 15) is 14.4 Å². The highest BCUT2D eigenvalue weighted by Gasteiger charge is 2.37. The van der Waals surface area contributed by atoms with Crippen molar-refractivity contribution in [3.63, 3.8) is 0 Å². The summed E-state index contributed by atoms with van der Waals surface area (Å²) in [6, 6.07) is 24.8. The quantitative estimate of drug-likeness (QED) is 0.178. The summed E-state index contributed by atoms with van der Waals surface area (Å²) in [5.41, 5.74) is 6.32. The summed E-state index contributed by atoms with van der Waals surface area (Å²) in [5, 5.41) is 10.3. The monoisotopic (exact) mass is 796 g/mol. The molecule has 5 aromatic rings. The molecular weight excluding hydrogens is 737 g/mol. The molecule has 0 unspecified atom stereocenters. The highest BCUT2D eigenvalue weighted by atomic mass is 16.2. The first-order valence-electron chi connectivity index (χ1n) is 22.1. The van der Waals surface area contributed by atoms with Gasteiger partial charge in [-0.15, -0.1) is 0 Å². The SMILES string of the molecule is Cc1cc(C[C@@H](NC(=O)N2CCC(c3cc4ccccc4[nH]c3=O)CC2)C(=O)N2CCN(C3CCN(C)CC3)CC2)cc2cnn(CC3(c4ccccc4)CCCC3)c12. The van der Waals surface area contributed by atoms with Gasteiger partial charge in [-0.3, -0.25) is 19.2 Å². The van der Waals surface area contributed by atoms with E-state index in [-0.39, 0.29) is 28.8 Å². The minimum Gasteiger partial charge on any atom is -0.338 e. The number of H-pyrrole nitrogens is 1. The van der Waals surface area contributed by atoms with Crippen molar-refractivity contribution in [3.05, 3.63) is 112 Å². The molecule has 0 radical (unpaired) electrons. The van der Waals surface area contributed by atoms with E-state index in [0.29, 0.717) is 51.5 Å². The number of nitrogens with zero attached hydrogens (tertiary/aromatic N) is 6. The van der Waals surface area contributed by atoms with E-state index in [0.717, 1.165) is 84.1 Å². The number of hydrogen-bond donors (Lipinski definition) is 2. The second-order valence-electron chi connectivity index (χ2n) is 18.0. The number of piperazine rings is 1. The molecule has 3 aromatic carbocycles. The molecule has 11 nitrogen and oxygen atoms in total. The third-order valence-electron chi connectivity index (χ3n) is 14.3. The van der Waals surface area contributed by atoms with Gasteiger partial charge in [0.1, 0.15) is 6.04 Å². The van der Waals surface area contributed by atoms with Crippen LogP contribution in [0.3, 0.4) is 0 Å². The normalized spacial score (nSPS) is 20.4. The van der Waals surface area contributed by atoms with E-state index in [2.05, 4.69) is 81.2 Å². The Kier molecular flexibility index (Phi) is 11.3. The van der Waals surface area contributed by atoms with Crippen LogP contribution in [-0.4, -0.2) is 118 Å². The molecule has 5 heterocycles. The zero-order chi connectivity index (χ0) is 40.5. The highest BCUT2D eigenvalue weighted by molar-refractivity contribution is 5.88. The van der Waals surface area contributed by atoms with Gasteiger partial charge in [-0.2, -0.15) is 5.10 Å². The Balaban J connectivity index is 0.920. The van der Waals surface area contributed by atoms with Crippen LogP contribution in [0.25, 0.3) is 21.8 Å². The number of fused-ring (bicyclic) bond motifs is 2. The fraction of sp³-hybridized carbons (Fsp3) is 0.500. The summed E-state index contributed by atoms with van der Waals surface area (Å²) >= 11 is 0. The topological polar surface area (TPSA) is 110 Å². The van der Waals surface area contributed by atoms with Crippen LogP contribution in [0.1, 0.15) is 79.5 Å². The number of benzene rings is 3. The maximum Gasteiger partial charge on any atom is 0.318 e. The van der Waals surface area contributed by atoms with Crippen molar-refractivity contribution < 1.29 is 9.59 Å². The Labute approximate surface area is 347 Å². The maximum atomic E-state index is 14.6. The number of hydrogen-bond acceptors (Lipinski definition) is 6. The van der Waals surface area contributed by atoms with Gasteiger partial charge >= 0.3 is 6.03 Å². The van der Waals surface area contributed by atoms with E-state index in [1.54, 1.807) is 0 Å². The lowest BCUT2D eigenvalue weighted by Crippen LogP contribution is -2.59. The van der Waals surface area contributed by atoms with Gasteiger partial charge in [-0.25, -0.2) is 4.79 Å². The number of rotatable bonds is 9. The first-order valence-corrected chi connectivity index (χ1v) is 22.1. The number of carbonyl (C=O) groups excluding carboxylic acids is 2. The number of pyridine rings is 1. The number of urea groups is 1. The molecule has 9 rings (SSSR count). The maximum absolute atomic E-state index is 14.6. The lowest BCUT2D eigenvalue weighted by atomic mass is 9.79. The first-order chi connectivity index (χ1) is 28.7. The van der Waals surface area contributed by atoms with Crippen LogP contribution in [-0.2, 0) is 23.2 Å². The van der Waals surface area contributed by atoms with Crippen LogP contribution in [0.15, 0.2) is 83.8 Å². The van der Waals surface area contributed by atoms with Crippen LogP contribution in [0, 0.1) is 6.92 Å². The molecule has 4 aliphatic rings. The van der Waals surface area contributed by atoms with Crippen molar-refractivity contribution in [2.75, 3.05) is 59.4 Å². The summed E-state index contributed by atoms with van der Waals surface area (Å²) in [5.74, 6) is 0.0518. The summed E-state index contributed by atoms with van der Waals surface area (Å²) < 4.78 is 2.20.